The molecule has 2 N–H and O–H groups in total. The van der Waals surface area contributed by atoms with E-state index >= 15 is 0 Å². The van der Waals surface area contributed by atoms with Crippen molar-refractivity contribution in [3.63, 3.8) is 0 Å². The Bertz CT molecular complexity index is 875. The number of para-hydroxylation sites is 3. The van der Waals surface area contributed by atoms with Crippen molar-refractivity contribution in [3.8, 4) is 11.5 Å². The van der Waals surface area contributed by atoms with Crippen LogP contribution in [0, 0.1) is 5.92 Å². The number of carbonyl (C=O) groups excluding carboxylic acids is 2. The van der Waals surface area contributed by atoms with Gasteiger partial charge < -0.3 is 20.1 Å². The maximum Gasteiger partial charge on any atom is 0.260 e. The second kappa shape index (κ2) is 10.1. The zero-order chi connectivity index (χ0) is 21.5. The van der Waals surface area contributed by atoms with Gasteiger partial charge in [-0.15, -0.1) is 0 Å². The van der Waals surface area contributed by atoms with E-state index in [1.54, 1.807) is 23.1 Å². The molecule has 1 saturated heterocycles. The number of aromatic hydroxyl groups is 1. The number of anilines is 1. The van der Waals surface area contributed by atoms with Gasteiger partial charge in [0.25, 0.3) is 5.91 Å². The van der Waals surface area contributed by atoms with E-state index < -0.39 is 0 Å². The summed E-state index contributed by atoms with van der Waals surface area (Å²) in [7, 11) is 0. The molecule has 0 aromatic heterocycles. The molecule has 3 rings (SSSR count). The molecule has 0 unspecified atom stereocenters. The normalized spacial score (nSPS) is 15.5. The average Bonchev–Trinajstić information content (AvgIpc) is 2.78. The van der Waals surface area contributed by atoms with E-state index in [0.717, 1.165) is 17.7 Å². The number of nitrogens with zero attached hydrogens (tertiary/aromatic N) is 1. The van der Waals surface area contributed by atoms with Crippen molar-refractivity contribution in [1.29, 1.82) is 0 Å². The van der Waals surface area contributed by atoms with Crippen LogP contribution in [0.25, 0.3) is 0 Å². The summed E-state index contributed by atoms with van der Waals surface area (Å²) in [4.78, 5) is 26.8. The number of carbonyl (C=O) groups is 2. The number of benzene rings is 2. The first-order valence-corrected chi connectivity index (χ1v) is 10.6. The molecule has 30 heavy (non-hydrogen) atoms. The predicted molar refractivity (Wildman–Crippen MR) is 117 cm³/mol. The molecule has 0 saturated carbocycles. The summed E-state index contributed by atoms with van der Waals surface area (Å²) in [5, 5.41) is 12.6. The Kier molecular flexibility index (Phi) is 7.33. The van der Waals surface area contributed by atoms with Crippen molar-refractivity contribution in [2.75, 3.05) is 25.0 Å². The summed E-state index contributed by atoms with van der Waals surface area (Å²) < 4.78 is 5.84. The fourth-order valence-electron chi connectivity index (χ4n) is 3.67. The van der Waals surface area contributed by atoms with Crippen LogP contribution >= 0.6 is 0 Å². The van der Waals surface area contributed by atoms with E-state index in [1.165, 1.54) is 6.07 Å². The molecular weight excluding hydrogens is 380 g/mol. The Labute approximate surface area is 177 Å². The molecule has 1 atom stereocenters. The first kappa shape index (κ1) is 21.7. The molecular formula is C24H30N2O4. The van der Waals surface area contributed by atoms with Gasteiger partial charge >= 0.3 is 0 Å². The third-order valence-corrected chi connectivity index (χ3v) is 5.79. The maximum absolute atomic E-state index is 12.6. The minimum absolute atomic E-state index is 0.00218. The number of phenolic OH excluding ortho intramolecular Hbond substituents is 1. The second-order valence-corrected chi connectivity index (χ2v) is 7.80. The molecule has 2 aromatic carbocycles. The standard InChI is InChI=1S/C24H30N2O4/c1-3-17(2)19-8-4-7-11-22(19)30-16-23(28)26-14-12-18(13-15-26)24(29)25-20-9-5-6-10-21(20)27/h4-11,17-18,27H,3,12-16H2,1-2H3,(H,25,29)/t17-/m1/s1. The lowest BCUT2D eigenvalue weighted by molar-refractivity contribution is -0.136. The summed E-state index contributed by atoms with van der Waals surface area (Å²) in [6, 6.07) is 14.5. The van der Waals surface area contributed by atoms with Crippen LogP contribution in [0.5, 0.6) is 11.5 Å². The Morgan fingerprint density at radius 1 is 1.13 bits per heavy atom. The molecule has 1 heterocycles. The lowest BCUT2D eigenvalue weighted by atomic mass is 9.95. The van der Waals surface area contributed by atoms with Crippen molar-refractivity contribution < 1.29 is 19.4 Å². The SMILES string of the molecule is CC[C@@H](C)c1ccccc1OCC(=O)N1CCC(C(=O)Nc2ccccc2O)CC1. The Morgan fingerprint density at radius 3 is 2.50 bits per heavy atom. The summed E-state index contributed by atoms with van der Waals surface area (Å²) in [6.07, 6.45) is 2.19. The largest absolute Gasteiger partial charge is 0.506 e. The van der Waals surface area contributed by atoms with Gasteiger partial charge in [0.15, 0.2) is 6.61 Å². The van der Waals surface area contributed by atoms with Crippen molar-refractivity contribution in [2.45, 2.75) is 39.0 Å². The molecule has 6 heteroatoms. The van der Waals surface area contributed by atoms with E-state index in [2.05, 4.69) is 19.2 Å². The Hall–Kier alpha value is -3.02. The van der Waals surface area contributed by atoms with Gasteiger partial charge in [0.05, 0.1) is 5.69 Å². The highest BCUT2D eigenvalue weighted by Gasteiger charge is 2.28. The highest BCUT2D eigenvalue weighted by Crippen LogP contribution is 2.29. The fraction of sp³-hybridized carbons (Fsp3) is 0.417. The van der Waals surface area contributed by atoms with Crippen LogP contribution in [0.1, 0.15) is 44.6 Å². The molecule has 1 fully saturated rings. The van der Waals surface area contributed by atoms with Crippen LogP contribution in [0.2, 0.25) is 0 Å². The lowest BCUT2D eigenvalue weighted by Gasteiger charge is -2.31. The van der Waals surface area contributed by atoms with Gasteiger partial charge in [0.2, 0.25) is 5.91 Å². The number of amides is 2. The summed E-state index contributed by atoms with van der Waals surface area (Å²) in [5.41, 5.74) is 1.53. The monoisotopic (exact) mass is 410 g/mol. The lowest BCUT2D eigenvalue weighted by Crippen LogP contribution is -2.43. The zero-order valence-corrected chi connectivity index (χ0v) is 17.6. The van der Waals surface area contributed by atoms with Gasteiger partial charge in [-0.25, -0.2) is 0 Å². The molecule has 0 bridgehead atoms. The molecule has 2 amide bonds. The summed E-state index contributed by atoms with van der Waals surface area (Å²) in [5.74, 6) is 0.816. The first-order valence-electron chi connectivity index (χ1n) is 10.6. The minimum Gasteiger partial charge on any atom is -0.506 e. The van der Waals surface area contributed by atoms with Crippen LogP contribution in [0.4, 0.5) is 5.69 Å². The van der Waals surface area contributed by atoms with Gasteiger partial charge in [0.1, 0.15) is 11.5 Å². The maximum atomic E-state index is 12.6. The number of ether oxygens (including phenoxy) is 1. The third kappa shape index (κ3) is 5.32. The second-order valence-electron chi connectivity index (χ2n) is 7.80. The van der Waals surface area contributed by atoms with Crippen LogP contribution in [0.15, 0.2) is 48.5 Å². The third-order valence-electron chi connectivity index (χ3n) is 5.79. The number of rotatable bonds is 7. The number of hydrogen-bond donors (Lipinski definition) is 2. The van der Waals surface area contributed by atoms with E-state index in [0.29, 0.717) is 37.5 Å². The van der Waals surface area contributed by atoms with Crippen LogP contribution < -0.4 is 10.1 Å². The molecule has 0 spiro atoms. The van der Waals surface area contributed by atoms with Crippen molar-refractivity contribution in [3.05, 3.63) is 54.1 Å². The van der Waals surface area contributed by atoms with Gasteiger partial charge in [-0.05, 0) is 48.9 Å². The highest BCUT2D eigenvalue weighted by molar-refractivity contribution is 5.94. The zero-order valence-electron chi connectivity index (χ0n) is 17.6. The van der Waals surface area contributed by atoms with E-state index in [9.17, 15) is 14.7 Å². The molecule has 0 radical (unpaired) electrons. The van der Waals surface area contributed by atoms with Gasteiger partial charge in [-0.1, -0.05) is 44.2 Å². The van der Waals surface area contributed by atoms with E-state index in [-0.39, 0.29) is 30.1 Å². The van der Waals surface area contributed by atoms with Gasteiger partial charge in [-0.2, -0.15) is 0 Å². The topological polar surface area (TPSA) is 78.9 Å². The summed E-state index contributed by atoms with van der Waals surface area (Å²) >= 11 is 0. The van der Waals surface area contributed by atoms with E-state index in [4.69, 9.17) is 4.74 Å². The van der Waals surface area contributed by atoms with Crippen molar-refractivity contribution in [1.82, 2.24) is 4.90 Å². The van der Waals surface area contributed by atoms with Crippen LogP contribution in [0.3, 0.4) is 0 Å². The molecule has 160 valence electrons. The Morgan fingerprint density at radius 2 is 1.80 bits per heavy atom. The van der Waals surface area contributed by atoms with Crippen molar-refractivity contribution >= 4 is 17.5 Å². The number of nitrogens with one attached hydrogen (secondary N) is 1. The van der Waals surface area contributed by atoms with Gasteiger partial charge in [0, 0.05) is 19.0 Å². The number of hydrogen-bond acceptors (Lipinski definition) is 4. The molecule has 2 aromatic rings. The minimum atomic E-state index is -0.180. The average molecular weight is 411 g/mol. The summed E-state index contributed by atoms with van der Waals surface area (Å²) in [6.45, 7) is 5.32. The van der Waals surface area contributed by atoms with Crippen molar-refractivity contribution in [2.24, 2.45) is 5.92 Å². The predicted octanol–water partition coefficient (Wildman–Crippen LogP) is 4.16. The number of piperidine rings is 1. The fourth-order valence-corrected chi connectivity index (χ4v) is 3.67. The quantitative estimate of drug-likeness (QED) is 0.672. The highest BCUT2D eigenvalue weighted by atomic mass is 16.5. The van der Waals surface area contributed by atoms with Crippen LogP contribution in [-0.2, 0) is 9.59 Å². The van der Waals surface area contributed by atoms with E-state index in [1.807, 2.05) is 24.3 Å². The molecule has 0 aliphatic carbocycles. The molecule has 1 aliphatic heterocycles. The van der Waals surface area contributed by atoms with Gasteiger partial charge in [-0.3, -0.25) is 9.59 Å². The van der Waals surface area contributed by atoms with Crippen LogP contribution in [-0.4, -0.2) is 41.5 Å². The Balaban J connectivity index is 1.49. The first-order chi connectivity index (χ1) is 14.5. The molecule has 1 aliphatic rings. The number of likely N-dealkylation sites (tertiary alicyclic amines) is 1. The smallest absolute Gasteiger partial charge is 0.260 e. The molecule has 6 nitrogen and oxygen atoms in total. The number of phenols is 1.